The smallest absolute Gasteiger partial charge is 0.173 e. The number of methoxy groups -OCH3 is 3. The maximum atomic E-state index is 5.64. The Hall–Kier alpha value is -3.17. The number of rotatable bonds is 9. The van der Waals surface area contributed by atoms with Gasteiger partial charge in [-0.1, -0.05) is 31.0 Å². The number of piperazine rings is 1. The molecule has 9 heteroatoms. The number of nitrogens with zero attached hydrogens (tertiary/aromatic N) is 6. The summed E-state index contributed by atoms with van der Waals surface area (Å²) in [5.74, 6) is 3.08. The highest BCUT2D eigenvalue weighted by atomic mass is 16.5. The summed E-state index contributed by atoms with van der Waals surface area (Å²) in [7, 11) is 5.01. The first-order valence-electron chi connectivity index (χ1n) is 12.8. The van der Waals surface area contributed by atoms with E-state index in [1.807, 2.05) is 22.9 Å². The van der Waals surface area contributed by atoms with Crippen LogP contribution in [-0.2, 0) is 6.54 Å². The molecule has 0 radical (unpaired) electrons. The lowest BCUT2D eigenvalue weighted by Gasteiger charge is -2.41. The van der Waals surface area contributed by atoms with Crippen molar-refractivity contribution in [2.45, 2.75) is 44.3 Å². The Morgan fingerprint density at radius 2 is 1.58 bits per heavy atom. The summed E-state index contributed by atoms with van der Waals surface area (Å²) in [6.45, 7) is 4.64. The van der Waals surface area contributed by atoms with Crippen molar-refractivity contribution in [3.05, 3.63) is 59.4 Å². The van der Waals surface area contributed by atoms with Gasteiger partial charge in [0.2, 0.25) is 0 Å². The van der Waals surface area contributed by atoms with Crippen molar-refractivity contribution in [3.63, 3.8) is 0 Å². The zero-order chi connectivity index (χ0) is 24.9. The number of ether oxygens (including phenoxy) is 3. The van der Waals surface area contributed by atoms with Crippen LogP contribution in [0.1, 0.15) is 48.7 Å². The van der Waals surface area contributed by atoms with Crippen LogP contribution >= 0.6 is 0 Å². The van der Waals surface area contributed by atoms with Crippen molar-refractivity contribution in [2.24, 2.45) is 0 Å². The molecule has 1 unspecified atom stereocenters. The van der Waals surface area contributed by atoms with Crippen molar-refractivity contribution in [1.82, 2.24) is 30.0 Å². The van der Waals surface area contributed by atoms with Gasteiger partial charge in [0.25, 0.3) is 0 Å². The maximum absolute atomic E-state index is 5.64. The van der Waals surface area contributed by atoms with Crippen molar-refractivity contribution in [3.8, 4) is 17.2 Å². The van der Waals surface area contributed by atoms with Crippen molar-refractivity contribution >= 4 is 0 Å². The molecule has 1 atom stereocenters. The molecule has 2 fully saturated rings. The molecule has 1 aliphatic carbocycles. The SMILES string of the molecule is COc1ccc(Cn2nnnc2C(c2ccc(OC)c(OC)c2)N2CCN(C3CCCC3)CC2)cc1. The average Bonchev–Trinajstić information content (AvgIpc) is 3.63. The summed E-state index contributed by atoms with van der Waals surface area (Å²) in [6, 6.07) is 14.8. The standard InChI is InChI=1S/C27H36N6O3/c1-34-23-11-8-20(9-12-23)19-33-27(28-29-30-33)26(21-10-13-24(35-2)25(18-21)36-3)32-16-14-31(15-17-32)22-6-4-5-7-22/h8-13,18,22,26H,4-7,14-17,19H2,1-3H3. The van der Waals surface area contributed by atoms with Crippen molar-refractivity contribution in [2.75, 3.05) is 47.5 Å². The third kappa shape index (κ3) is 5.17. The van der Waals surface area contributed by atoms with Crippen molar-refractivity contribution < 1.29 is 14.2 Å². The van der Waals surface area contributed by atoms with E-state index < -0.39 is 0 Å². The highest BCUT2D eigenvalue weighted by molar-refractivity contribution is 5.45. The first-order valence-corrected chi connectivity index (χ1v) is 12.8. The number of hydrogen-bond acceptors (Lipinski definition) is 8. The van der Waals surface area contributed by atoms with Gasteiger partial charge in [-0.3, -0.25) is 9.80 Å². The van der Waals surface area contributed by atoms with Gasteiger partial charge in [-0.25, -0.2) is 4.68 Å². The Bertz CT molecular complexity index is 1120. The predicted octanol–water partition coefficient (Wildman–Crippen LogP) is 3.40. The van der Waals surface area contributed by atoms with Gasteiger partial charge in [0, 0.05) is 32.2 Å². The number of hydrogen-bond donors (Lipinski definition) is 0. The second-order valence-corrected chi connectivity index (χ2v) is 9.57. The number of aromatic nitrogens is 4. The first-order chi connectivity index (χ1) is 17.7. The van der Waals surface area contributed by atoms with E-state index in [9.17, 15) is 0 Å². The normalized spacial score (nSPS) is 18.3. The number of benzene rings is 2. The third-order valence-corrected chi connectivity index (χ3v) is 7.57. The van der Waals surface area contributed by atoms with Crippen LogP contribution in [0.4, 0.5) is 0 Å². The lowest BCUT2D eigenvalue weighted by Crippen LogP contribution is -2.51. The van der Waals surface area contributed by atoms with Gasteiger partial charge in [-0.05, 0) is 58.7 Å². The van der Waals surface area contributed by atoms with Gasteiger partial charge in [0.15, 0.2) is 17.3 Å². The van der Waals surface area contributed by atoms with Gasteiger partial charge in [0.1, 0.15) is 5.75 Å². The van der Waals surface area contributed by atoms with Crippen LogP contribution < -0.4 is 14.2 Å². The van der Waals surface area contributed by atoms with Crippen molar-refractivity contribution in [1.29, 1.82) is 0 Å². The van der Waals surface area contributed by atoms with Crippen LogP contribution in [0, 0.1) is 0 Å². The molecule has 1 saturated heterocycles. The fourth-order valence-electron chi connectivity index (χ4n) is 5.60. The molecule has 5 rings (SSSR count). The lowest BCUT2D eigenvalue weighted by molar-refractivity contribution is 0.0770. The van der Waals surface area contributed by atoms with Gasteiger partial charge < -0.3 is 14.2 Å². The van der Waals surface area contributed by atoms with Gasteiger partial charge in [-0.15, -0.1) is 5.10 Å². The summed E-state index contributed by atoms with van der Waals surface area (Å²) in [4.78, 5) is 5.18. The van der Waals surface area contributed by atoms with E-state index in [4.69, 9.17) is 14.2 Å². The predicted molar refractivity (Wildman–Crippen MR) is 137 cm³/mol. The molecule has 9 nitrogen and oxygen atoms in total. The molecule has 2 heterocycles. The molecule has 0 spiro atoms. The second-order valence-electron chi connectivity index (χ2n) is 9.57. The molecule has 1 aliphatic heterocycles. The van der Waals surface area contributed by atoms with Crippen LogP contribution in [0.3, 0.4) is 0 Å². The van der Waals surface area contributed by atoms with E-state index >= 15 is 0 Å². The van der Waals surface area contributed by atoms with Gasteiger partial charge >= 0.3 is 0 Å². The fraction of sp³-hybridized carbons (Fsp3) is 0.519. The second kappa shape index (κ2) is 11.3. The van der Waals surface area contributed by atoms with E-state index in [1.165, 1.54) is 25.7 Å². The molecule has 2 aromatic carbocycles. The minimum Gasteiger partial charge on any atom is -0.497 e. The van der Waals surface area contributed by atoms with Crippen LogP contribution in [0.15, 0.2) is 42.5 Å². The van der Waals surface area contributed by atoms with Gasteiger partial charge in [-0.2, -0.15) is 0 Å². The summed E-state index contributed by atoms with van der Waals surface area (Å²) in [6.07, 6.45) is 5.39. The largest absolute Gasteiger partial charge is 0.497 e. The molecule has 1 saturated carbocycles. The van der Waals surface area contributed by atoms with Gasteiger partial charge in [0.05, 0.1) is 33.9 Å². The van der Waals surface area contributed by atoms with Crippen LogP contribution in [0.5, 0.6) is 17.2 Å². The Morgan fingerprint density at radius 1 is 0.861 bits per heavy atom. The zero-order valence-electron chi connectivity index (χ0n) is 21.5. The zero-order valence-corrected chi connectivity index (χ0v) is 21.5. The van der Waals surface area contributed by atoms with E-state index in [2.05, 4.69) is 49.6 Å². The van der Waals surface area contributed by atoms with Crippen LogP contribution in [0.25, 0.3) is 0 Å². The van der Waals surface area contributed by atoms with E-state index in [0.717, 1.165) is 54.9 Å². The molecule has 3 aromatic rings. The molecular formula is C27H36N6O3. The fourth-order valence-corrected chi connectivity index (χ4v) is 5.60. The van der Waals surface area contributed by atoms with Crippen LogP contribution in [-0.4, -0.2) is 83.6 Å². The summed E-state index contributed by atoms with van der Waals surface area (Å²) in [5.41, 5.74) is 2.20. The summed E-state index contributed by atoms with van der Waals surface area (Å²) in [5, 5.41) is 13.0. The van der Waals surface area contributed by atoms with Crippen LogP contribution in [0.2, 0.25) is 0 Å². The Kier molecular flexibility index (Phi) is 7.67. The lowest BCUT2D eigenvalue weighted by atomic mass is 10.0. The summed E-state index contributed by atoms with van der Waals surface area (Å²) < 4.78 is 18.4. The quantitative estimate of drug-likeness (QED) is 0.450. The molecule has 0 N–H and O–H groups in total. The molecule has 0 bridgehead atoms. The first kappa shape index (κ1) is 24.5. The topological polar surface area (TPSA) is 77.8 Å². The molecule has 1 aromatic heterocycles. The summed E-state index contributed by atoms with van der Waals surface area (Å²) >= 11 is 0. The minimum atomic E-state index is -0.0937. The Labute approximate surface area is 212 Å². The van der Waals surface area contributed by atoms with E-state index in [1.54, 1.807) is 21.3 Å². The maximum Gasteiger partial charge on any atom is 0.173 e. The average molecular weight is 493 g/mol. The monoisotopic (exact) mass is 492 g/mol. The minimum absolute atomic E-state index is 0.0937. The highest BCUT2D eigenvalue weighted by Crippen LogP contribution is 2.35. The molecule has 36 heavy (non-hydrogen) atoms. The number of tetrazole rings is 1. The van der Waals surface area contributed by atoms with E-state index in [0.29, 0.717) is 18.0 Å². The molecule has 192 valence electrons. The molecule has 2 aliphatic rings. The Morgan fingerprint density at radius 3 is 2.25 bits per heavy atom. The molecular weight excluding hydrogens is 456 g/mol. The highest BCUT2D eigenvalue weighted by Gasteiger charge is 2.33. The molecule has 0 amide bonds. The third-order valence-electron chi connectivity index (χ3n) is 7.57. The Balaban J connectivity index is 1.44. The van der Waals surface area contributed by atoms with E-state index in [-0.39, 0.29) is 6.04 Å².